The number of aromatic amines is 1. The van der Waals surface area contributed by atoms with Gasteiger partial charge in [0.2, 0.25) is 0 Å². The summed E-state index contributed by atoms with van der Waals surface area (Å²) in [6, 6.07) is 12.8. The third-order valence-electron chi connectivity index (χ3n) is 7.32. The Balaban J connectivity index is 1.39. The van der Waals surface area contributed by atoms with E-state index in [1.54, 1.807) is 10.8 Å². The lowest BCUT2D eigenvalue weighted by Gasteiger charge is -2.33. The quantitative estimate of drug-likeness (QED) is 0.272. The topological polar surface area (TPSA) is 109 Å². The Morgan fingerprint density at radius 1 is 1.11 bits per heavy atom. The second-order valence-corrected chi connectivity index (χ2v) is 17.0. The second kappa shape index (κ2) is 10.7. The summed E-state index contributed by atoms with van der Waals surface area (Å²) in [6.45, 7) is 10.5. The molecule has 1 aromatic carbocycles. The van der Waals surface area contributed by atoms with Gasteiger partial charge in [0.1, 0.15) is 12.4 Å². The lowest BCUT2D eigenvalue weighted by atomic mass is 10.0. The minimum Gasteiger partial charge on any atom is -0.361 e. The molecule has 9 nitrogen and oxygen atoms in total. The molecule has 5 rings (SSSR count). The maximum absolute atomic E-state index is 13.2. The van der Waals surface area contributed by atoms with Crippen LogP contribution in [0.15, 0.2) is 52.3 Å². The predicted molar refractivity (Wildman–Crippen MR) is 151 cm³/mol. The Hall–Kier alpha value is -3.52. The molecule has 1 saturated heterocycles. The van der Waals surface area contributed by atoms with Crippen molar-refractivity contribution in [2.45, 2.75) is 57.8 Å². The summed E-state index contributed by atoms with van der Waals surface area (Å²) in [6.07, 6.45) is 5.08. The largest absolute Gasteiger partial charge is 0.361 e. The van der Waals surface area contributed by atoms with Gasteiger partial charge in [-0.2, -0.15) is 5.26 Å². The van der Waals surface area contributed by atoms with Gasteiger partial charge in [-0.15, -0.1) is 0 Å². The van der Waals surface area contributed by atoms with E-state index in [9.17, 15) is 9.59 Å². The van der Waals surface area contributed by atoms with Gasteiger partial charge in [0.05, 0.1) is 22.5 Å². The highest BCUT2D eigenvalue weighted by Crippen LogP contribution is 2.29. The van der Waals surface area contributed by atoms with Crippen molar-refractivity contribution in [1.82, 2.24) is 24.0 Å². The van der Waals surface area contributed by atoms with Crippen molar-refractivity contribution in [3.63, 3.8) is 0 Å². The molecule has 1 N–H and O–H groups in total. The fourth-order valence-electron chi connectivity index (χ4n) is 5.15. The van der Waals surface area contributed by atoms with Gasteiger partial charge in [-0.3, -0.25) is 19.2 Å². The number of benzene rings is 1. The van der Waals surface area contributed by atoms with Gasteiger partial charge >= 0.3 is 5.69 Å². The summed E-state index contributed by atoms with van der Waals surface area (Å²) in [5, 5.41) is 10.2. The summed E-state index contributed by atoms with van der Waals surface area (Å²) < 4.78 is 9.66. The van der Waals surface area contributed by atoms with E-state index in [2.05, 4.69) is 40.6 Å². The monoisotopic (exact) mass is 530 g/mol. The summed E-state index contributed by atoms with van der Waals surface area (Å²) in [5.41, 5.74) is 2.39. The van der Waals surface area contributed by atoms with E-state index in [0.29, 0.717) is 35.5 Å². The number of pyridine rings is 1. The number of H-pyrrole nitrogens is 1. The molecule has 38 heavy (non-hydrogen) atoms. The SMILES string of the molecule is C[Si](C)(C)CCOCn1ccc2c1ncc1c(=O)[nH]c(=O)n(C3CCN(Cc4ccc(C#N)cc4)CC3)c12. The number of ether oxygens (including phenoxy) is 1. The third-order valence-corrected chi connectivity index (χ3v) is 9.03. The van der Waals surface area contributed by atoms with Crippen LogP contribution in [0.25, 0.3) is 21.9 Å². The minimum atomic E-state index is -1.18. The van der Waals surface area contributed by atoms with Crippen LogP contribution < -0.4 is 11.2 Å². The van der Waals surface area contributed by atoms with Crippen LogP contribution in [0.5, 0.6) is 0 Å². The zero-order valence-electron chi connectivity index (χ0n) is 22.2. The molecule has 0 saturated carbocycles. The Morgan fingerprint density at radius 3 is 2.53 bits per heavy atom. The van der Waals surface area contributed by atoms with Gasteiger partial charge in [-0.05, 0) is 42.6 Å². The average molecular weight is 531 g/mol. The highest BCUT2D eigenvalue weighted by Gasteiger charge is 2.25. The normalized spacial score (nSPS) is 15.3. The van der Waals surface area contributed by atoms with Crippen LogP contribution in [0.2, 0.25) is 25.7 Å². The number of nitriles is 1. The van der Waals surface area contributed by atoms with E-state index in [1.807, 2.05) is 41.1 Å². The Labute approximate surface area is 222 Å². The summed E-state index contributed by atoms with van der Waals surface area (Å²) >= 11 is 0. The molecule has 1 aliphatic heterocycles. The van der Waals surface area contributed by atoms with E-state index in [0.717, 1.165) is 49.5 Å². The first-order valence-electron chi connectivity index (χ1n) is 13.1. The van der Waals surface area contributed by atoms with Gasteiger partial charge in [0.25, 0.3) is 5.56 Å². The number of piperidine rings is 1. The van der Waals surface area contributed by atoms with Crippen molar-refractivity contribution < 1.29 is 4.74 Å². The lowest BCUT2D eigenvalue weighted by Crippen LogP contribution is -2.39. The Bertz CT molecular complexity index is 1600. The number of hydrogen-bond acceptors (Lipinski definition) is 6. The molecule has 10 heteroatoms. The molecule has 0 amide bonds. The van der Waals surface area contributed by atoms with Crippen LogP contribution in [0.1, 0.15) is 30.0 Å². The summed E-state index contributed by atoms with van der Waals surface area (Å²) in [7, 11) is -1.18. The van der Waals surface area contributed by atoms with Crippen molar-refractivity contribution in [3.05, 3.63) is 74.7 Å². The molecule has 0 aliphatic carbocycles. The second-order valence-electron chi connectivity index (χ2n) is 11.3. The maximum Gasteiger partial charge on any atom is 0.329 e. The van der Waals surface area contributed by atoms with Crippen molar-refractivity contribution in [2.24, 2.45) is 0 Å². The smallest absolute Gasteiger partial charge is 0.329 e. The Kier molecular flexibility index (Phi) is 7.34. The molecule has 1 aliphatic rings. The standard InChI is InChI=1S/C28H34N6O3Si/c1-38(2,3)15-14-37-19-33-13-10-23-25-24(17-30-26(23)33)27(35)31-28(36)34(25)22-8-11-32(12-9-22)18-21-6-4-20(16-29)5-7-21/h4-7,10,13,17,22H,8-9,11-12,14-15,18-19H2,1-3H3,(H,31,35,36). The first kappa shape index (κ1) is 26.1. The molecule has 4 aromatic rings. The molecule has 3 aromatic heterocycles. The zero-order valence-corrected chi connectivity index (χ0v) is 23.2. The van der Waals surface area contributed by atoms with Gasteiger partial charge < -0.3 is 9.30 Å². The van der Waals surface area contributed by atoms with Crippen LogP contribution in [-0.4, -0.2) is 51.8 Å². The minimum absolute atomic E-state index is 0.0268. The highest BCUT2D eigenvalue weighted by molar-refractivity contribution is 6.76. The van der Waals surface area contributed by atoms with Gasteiger partial charge in [0.15, 0.2) is 0 Å². The molecule has 0 radical (unpaired) electrons. The van der Waals surface area contributed by atoms with E-state index >= 15 is 0 Å². The van der Waals surface area contributed by atoms with Crippen molar-refractivity contribution in [1.29, 1.82) is 5.26 Å². The van der Waals surface area contributed by atoms with E-state index < -0.39 is 13.6 Å². The van der Waals surface area contributed by atoms with E-state index in [-0.39, 0.29) is 11.7 Å². The molecular formula is C28H34N6O3Si. The van der Waals surface area contributed by atoms with Gasteiger partial charge in [-0.1, -0.05) is 31.8 Å². The van der Waals surface area contributed by atoms with Crippen LogP contribution in [0.3, 0.4) is 0 Å². The number of nitrogens with zero attached hydrogens (tertiary/aromatic N) is 5. The highest BCUT2D eigenvalue weighted by atomic mass is 28.3. The fourth-order valence-corrected chi connectivity index (χ4v) is 5.91. The van der Waals surface area contributed by atoms with Gasteiger partial charge in [-0.25, -0.2) is 9.78 Å². The van der Waals surface area contributed by atoms with Crippen LogP contribution in [-0.2, 0) is 18.0 Å². The summed E-state index contributed by atoms with van der Waals surface area (Å²) in [5.74, 6) is 0. The zero-order chi connectivity index (χ0) is 26.9. The number of aromatic nitrogens is 4. The van der Waals surface area contributed by atoms with Gasteiger partial charge in [0, 0.05) is 58.1 Å². The molecule has 0 unspecified atom stereocenters. The van der Waals surface area contributed by atoms with E-state index in [4.69, 9.17) is 10.00 Å². The third kappa shape index (κ3) is 5.50. The van der Waals surface area contributed by atoms with Crippen molar-refractivity contribution in [3.8, 4) is 6.07 Å². The Morgan fingerprint density at radius 2 is 1.84 bits per heavy atom. The number of hydrogen-bond donors (Lipinski definition) is 1. The number of rotatable bonds is 8. The molecular weight excluding hydrogens is 496 g/mol. The summed E-state index contributed by atoms with van der Waals surface area (Å²) in [4.78, 5) is 35.3. The molecule has 0 spiro atoms. The number of nitrogens with one attached hydrogen (secondary N) is 1. The number of fused-ring (bicyclic) bond motifs is 3. The fraction of sp³-hybridized carbons (Fsp3) is 0.429. The van der Waals surface area contributed by atoms with Crippen LogP contribution >= 0.6 is 0 Å². The maximum atomic E-state index is 13.2. The first-order chi connectivity index (χ1) is 18.2. The lowest BCUT2D eigenvalue weighted by molar-refractivity contribution is 0.0899. The molecule has 4 heterocycles. The molecule has 0 bridgehead atoms. The van der Waals surface area contributed by atoms with Crippen LogP contribution in [0.4, 0.5) is 0 Å². The van der Waals surface area contributed by atoms with Crippen molar-refractivity contribution in [2.75, 3.05) is 19.7 Å². The van der Waals surface area contributed by atoms with Crippen LogP contribution in [0, 0.1) is 11.3 Å². The molecule has 0 atom stereocenters. The predicted octanol–water partition coefficient (Wildman–Crippen LogP) is 4.06. The van der Waals surface area contributed by atoms with Crippen molar-refractivity contribution >= 4 is 30.0 Å². The average Bonchev–Trinajstić information content (AvgIpc) is 3.31. The van der Waals surface area contributed by atoms with E-state index in [1.165, 1.54) is 0 Å². The molecule has 198 valence electrons. The number of likely N-dealkylation sites (tertiary alicyclic amines) is 1. The molecule has 1 fully saturated rings. The first-order valence-corrected chi connectivity index (χ1v) is 16.9.